The first-order valence-electron chi connectivity index (χ1n) is 7.99. The van der Waals surface area contributed by atoms with Crippen molar-refractivity contribution in [2.24, 2.45) is 0 Å². The second-order valence-corrected chi connectivity index (χ2v) is 5.84. The lowest BCUT2D eigenvalue weighted by molar-refractivity contribution is 0.0970. The number of nitrogens with zero attached hydrogens (tertiary/aromatic N) is 2. The summed E-state index contributed by atoms with van der Waals surface area (Å²) in [7, 11) is 1.55. The standard InChI is InChI=1S/C20H14N2O4/c1-11-18(13-9-12(24-2)7-8-16(13)25-11)19(23)14(10-21)20-22-15-5-3-4-6-17(15)26-20/h3-9,14H,1-2H3/t14-/m0/s1. The molecule has 2 aromatic carbocycles. The molecule has 6 heteroatoms. The van der Waals surface area contributed by atoms with Gasteiger partial charge in [-0.25, -0.2) is 4.98 Å². The number of para-hydroxylation sites is 2. The number of fused-ring (bicyclic) bond motifs is 2. The number of ether oxygens (including phenoxy) is 1. The molecule has 0 bridgehead atoms. The molecule has 4 aromatic rings. The number of nitriles is 1. The number of benzene rings is 2. The maximum Gasteiger partial charge on any atom is 0.220 e. The van der Waals surface area contributed by atoms with Crippen LogP contribution in [0.1, 0.15) is 27.9 Å². The summed E-state index contributed by atoms with van der Waals surface area (Å²) in [5.41, 5.74) is 2.03. The number of methoxy groups -OCH3 is 1. The predicted octanol–water partition coefficient (Wildman–Crippen LogP) is 4.38. The average Bonchev–Trinajstić information content (AvgIpc) is 3.21. The molecule has 0 radical (unpaired) electrons. The molecule has 4 rings (SSSR count). The molecule has 0 aliphatic rings. The topological polar surface area (TPSA) is 89.3 Å². The number of oxazole rings is 1. The molecule has 2 heterocycles. The van der Waals surface area contributed by atoms with Crippen molar-refractivity contribution in [3.8, 4) is 11.8 Å². The van der Waals surface area contributed by atoms with Crippen LogP contribution in [0.15, 0.2) is 51.3 Å². The van der Waals surface area contributed by atoms with Crippen molar-refractivity contribution in [1.82, 2.24) is 4.98 Å². The number of aromatic nitrogens is 1. The second kappa shape index (κ2) is 6.05. The van der Waals surface area contributed by atoms with Gasteiger partial charge in [-0.2, -0.15) is 5.26 Å². The fourth-order valence-corrected chi connectivity index (χ4v) is 3.02. The monoisotopic (exact) mass is 346 g/mol. The van der Waals surface area contributed by atoms with Crippen LogP contribution in [0, 0.1) is 18.3 Å². The molecule has 0 saturated heterocycles. The van der Waals surface area contributed by atoms with Crippen molar-refractivity contribution >= 4 is 27.9 Å². The average molecular weight is 346 g/mol. The van der Waals surface area contributed by atoms with E-state index in [1.165, 1.54) is 0 Å². The number of carbonyl (C=O) groups excluding carboxylic acids is 1. The lowest BCUT2D eigenvalue weighted by Gasteiger charge is -2.04. The van der Waals surface area contributed by atoms with Crippen LogP contribution in [-0.2, 0) is 0 Å². The van der Waals surface area contributed by atoms with Crippen LogP contribution in [0.4, 0.5) is 0 Å². The van der Waals surface area contributed by atoms with E-state index < -0.39 is 11.7 Å². The molecule has 0 saturated carbocycles. The number of aryl methyl sites for hydroxylation is 1. The minimum atomic E-state index is -1.16. The van der Waals surface area contributed by atoms with Crippen molar-refractivity contribution in [2.45, 2.75) is 12.8 Å². The Morgan fingerprint density at radius 3 is 2.73 bits per heavy atom. The Morgan fingerprint density at radius 2 is 2.00 bits per heavy atom. The third-order valence-electron chi connectivity index (χ3n) is 4.27. The number of furan rings is 1. The summed E-state index contributed by atoms with van der Waals surface area (Å²) in [5.74, 6) is -0.454. The normalized spacial score (nSPS) is 12.2. The fraction of sp³-hybridized carbons (Fsp3) is 0.150. The third-order valence-corrected chi connectivity index (χ3v) is 4.27. The number of rotatable bonds is 4. The van der Waals surface area contributed by atoms with Gasteiger partial charge in [0.1, 0.15) is 22.6 Å². The van der Waals surface area contributed by atoms with E-state index in [1.54, 1.807) is 50.4 Å². The quantitative estimate of drug-likeness (QED) is 0.509. The van der Waals surface area contributed by atoms with Crippen LogP contribution < -0.4 is 4.74 Å². The lowest BCUT2D eigenvalue weighted by atomic mass is 9.96. The summed E-state index contributed by atoms with van der Waals surface area (Å²) in [6.07, 6.45) is 0. The van der Waals surface area contributed by atoms with Crippen molar-refractivity contribution in [2.75, 3.05) is 7.11 Å². The van der Waals surface area contributed by atoms with E-state index in [9.17, 15) is 10.1 Å². The molecule has 0 amide bonds. The molecule has 26 heavy (non-hydrogen) atoms. The first-order valence-corrected chi connectivity index (χ1v) is 7.99. The van der Waals surface area contributed by atoms with Gasteiger partial charge < -0.3 is 13.6 Å². The van der Waals surface area contributed by atoms with Gasteiger partial charge in [0.15, 0.2) is 17.3 Å². The van der Waals surface area contributed by atoms with Crippen LogP contribution in [0.25, 0.3) is 22.1 Å². The predicted molar refractivity (Wildman–Crippen MR) is 94.2 cm³/mol. The van der Waals surface area contributed by atoms with E-state index in [2.05, 4.69) is 4.98 Å². The summed E-state index contributed by atoms with van der Waals surface area (Å²) in [4.78, 5) is 17.4. The number of Topliss-reactive ketones (excluding diaryl/α,β-unsaturated/α-hetero) is 1. The second-order valence-electron chi connectivity index (χ2n) is 5.84. The van der Waals surface area contributed by atoms with Gasteiger partial charge in [-0.15, -0.1) is 0 Å². The van der Waals surface area contributed by atoms with E-state index in [0.717, 1.165) is 0 Å². The summed E-state index contributed by atoms with van der Waals surface area (Å²) < 4.78 is 16.5. The highest BCUT2D eigenvalue weighted by molar-refractivity contribution is 6.12. The molecular weight excluding hydrogens is 332 g/mol. The number of ketones is 1. The first-order chi connectivity index (χ1) is 12.6. The molecule has 0 spiro atoms. The van der Waals surface area contributed by atoms with Gasteiger partial charge >= 0.3 is 0 Å². The molecule has 128 valence electrons. The minimum Gasteiger partial charge on any atom is -0.497 e. The molecule has 0 N–H and O–H groups in total. The van der Waals surface area contributed by atoms with Crippen LogP contribution in [0.2, 0.25) is 0 Å². The van der Waals surface area contributed by atoms with E-state index >= 15 is 0 Å². The molecule has 0 aliphatic carbocycles. The van der Waals surface area contributed by atoms with E-state index in [1.807, 2.05) is 12.1 Å². The Labute approximate surface area is 148 Å². The Bertz CT molecular complexity index is 1150. The first kappa shape index (κ1) is 15.9. The number of hydrogen-bond donors (Lipinski definition) is 0. The largest absolute Gasteiger partial charge is 0.497 e. The highest BCUT2D eigenvalue weighted by atomic mass is 16.5. The number of carbonyl (C=O) groups is 1. The van der Waals surface area contributed by atoms with Gasteiger partial charge in [0.05, 0.1) is 18.7 Å². The van der Waals surface area contributed by atoms with Crippen molar-refractivity contribution < 1.29 is 18.4 Å². The van der Waals surface area contributed by atoms with Gasteiger partial charge in [-0.05, 0) is 37.3 Å². The summed E-state index contributed by atoms with van der Waals surface area (Å²) in [6.45, 7) is 1.69. The summed E-state index contributed by atoms with van der Waals surface area (Å²) in [6, 6.07) is 14.4. The zero-order valence-electron chi connectivity index (χ0n) is 14.1. The zero-order chi connectivity index (χ0) is 18.3. The molecule has 2 aromatic heterocycles. The molecule has 6 nitrogen and oxygen atoms in total. The molecule has 1 atom stereocenters. The van der Waals surface area contributed by atoms with Gasteiger partial charge in [0, 0.05) is 5.39 Å². The van der Waals surface area contributed by atoms with Crippen LogP contribution in [0.3, 0.4) is 0 Å². The van der Waals surface area contributed by atoms with Gasteiger partial charge in [-0.3, -0.25) is 4.79 Å². The minimum absolute atomic E-state index is 0.0790. The van der Waals surface area contributed by atoms with Gasteiger partial charge in [-0.1, -0.05) is 12.1 Å². The smallest absolute Gasteiger partial charge is 0.220 e. The fourth-order valence-electron chi connectivity index (χ4n) is 3.02. The molecular formula is C20H14N2O4. The van der Waals surface area contributed by atoms with E-state index in [4.69, 9.17) is 13.6 Å². The Hall–Kier alpha value is -3.59. The molecule has 0 fully saturated rings. The van der Waals surface area contributed by atoms with Crippen molar-refractivity contribution in [1.29, 1.82) is 5.26 Å². The van der Waals surface area contributed by atoms with Gasteiger partial charge in [0.2, 0.25) is 5.89 Å². The highest BCUT2D eigenvalue weighted by Crippen LogP contribution is 2.33. The highest BCUT2D eigenvalue weighted by Gasteiger charge is 2.31. The van der Waals surface area contributed by atoms with Crippen LogP contribution >= 0.6 is 0 Å². The summed E-state index contributed by atoms with van der Waals surface area (Å²) >= 11 is 0. The van der Waals surface area contributed by atoms with E-state index in [-0.39, 0.29) is 5.89 Å². The summed E-state index contributed by atoms with van der Waals surface area (Å²) in [5, 5.41) is 10.2. The Kier molecular flexibility index (Phi) is 3.70. The maximum atomic E-state index is 13.1. The van der Waals surface area contributed by atoms with Crippen LogP contribution in [0.5, 0.6) is 5.75 Å². The van der Waals surface area contributed by atoms with E-state index in [0.29, 0.717) is 39.1 Å². The zero-order valence-corrected chi connectivity index (χ0v) is 14.1. The lowest BCUT2D eigenvalue weighted by Crippen LogP contribution is -2.12. The molecule has 0 unspecified atom stereocenters. The molecule has 0 aliphatic heterocycles. The maximum absolute atomic E-state index is 13.1. The Morgan fingerprint density at radius 1 is 1.19 bits per heavy atom. The van der Waals surface area contributed by atoms with Crippen LogP contribution in [-0.4, -0.2) is 17.9 Å². The number of hydrogen-bond acceptors (Lipinski definition) is 6. The Balaban J connectivity index is 1.84. The van der Waals surface area contributed by atoms with Crippen molar-refractivity contribution in [3.05, 3.63) is 59.7 Å². The SMILES string of the molecule is COc1ccc2oc(C)c(C(=O)[C@H](C#N)c3nc4ccccc4o3)c2c1. The van der Waals surface area contributed by atoms with Gasteiger partial charge in [0.25, 0.3) is 0 Å². The van der Waals surface area contributed by atoms with Crippen molar-refractivity contribution in [3.63, 3.8) is 0 Å². The third kappa shape index (κ3) is 2.42.